The Kier molecular flexibility index (Phi) is 6.95. The third-order valence-corrected chi connectivity index (χ3v) is 2.61. The highest BCUT2D eigenvalue weighted by Crippen LogP contribution is 2.17. The fourth-order valence-corrected chi connectivity index (χ4v) is 1.57. The first-order valence-corrected chi connectivity index (χ1v) is 6.46. The highest BCUT2D eigenvalue weighted by molar-refractivity contribution is 5.77. The van der Waals surface area contributed by atoms with Crippen molar-refractivity contribution < 1.29 is 19.1 Å². The second-order valence-electron chi connectivity index (χ2n) is 4.02. The van der Waals surface area contributed by atoms with E-state index < -0.39 is 6.09 Å². The van der Waals surface area contributed by atoms with E-state index in [0.29, 0.717) is 13.1 Å². The number of alkyl carbamates (subject to hydrolysis) is 1. The summed E-state index contributed by atoms with van der Waals surface area (Å²) in [6, 6.07) is 7.61. The molecule has 2 amide bonds. The molecule has 0 aliphatic heterocycles. The van der Waals surface area contributed by atoms with Gasteiger partial charge >= 0.3 is 6.09 Å². The zero-order valence-electron chi connectivity index (χ0n) is 11.8. The lowest BCUT2D eigenvalue weighted by atomic mass is 10.1. The van der Waals surface area contributed by atoms with E-state index in [0.717, 1.165) is 17.7 Å². The molecule has 0 saturated carbocycles. The van der Waals surface area contributed by atoms with Gasteiger partial charge in [0, 0.05) is 13.1 Å². The van der Waals surface area contributed by atoms with Crippen LogP contribution in [0.4, 0.5) is 4.79 Å². The molecule has 0 radical (unpaired) electrons. The Morgan fingerprint density at radius 1 is 1.15 bits per heavy atom. The number of para-hydroxylation sites is 1. The SMILES string of the molecule is CCc1ccccc1OCC(=O)NCCNC(=O)OC. The molecule has 6 heteroatoms. The molecule has 1 aromatic carbocycles. The number of amides is 2. The van der Waals surface area contributed by atoms with Gasteiger partial charge in [-0.1, -0.05) is 25.1 Å². The van der Waals surface area contributed by atoms with Crippen LogP contribution in [0, 0.1) is 0 Å². The molecule has 110 valence electrons. The van der Waals surface area contributed by atoms with Crippen molar-refractivity contribution in [2.24, 2.45) is 0 Å². The highest BCUT2D eigenvalue weighted by atomic mass is 16.5. The lowest BCUT2D eigenvalue weighted by molar-refractivity contribution is -0.123. The minimum Gasteiger partial charge on any atom is -0.483 e. The van der Waals surface area contributed by atoms with Crippen LogP contribution in [0.3, 0.4) is 0 Å². The molecule has 0 unspecified atom stereocenters. The zero-order chi connectivity index (χ0) is 14.8. The Morgan fingerprint density at radius 2 is 1.85 bits per heavy atom. The van der Waals surface area contributed by atoms with E-state index in [1.165, 1.54) is 7.11 Å². The summed E-state index contributed by atoms with van der Waals surface area (Å²) in [5, 5.41) is 5.10. The molecule has 2 N–H and O–H groups in total. The number of nitrogens with one attached hydrogen (secondary N) is 2. The van der Waals surface area contributed by atoms with Gasteiger partial charge in [-0.2, -0.15) is 0 Å². The molecule has 6 nitrogen and oxygen atoms in total. The van der Waals surface area contributed by atoms with Gasteiger partial charge in [0.2, 0.25) is 0 Å². The van der Waals surface area contributed by atoms with E-state index >= 15 is 0 Å². The third kappa shape index (κ3) is 5.60. The van der Waals surface area contributed by atoms with Gasteiger partial charge in [0.25, 0.3) is 5.91 Å². The summed E-state index contributed by atoms with van der Waals surface area (Å²) in [6.07, 6.45) is 0.327. The van der Waals surface area contributed by atoms with E-state index in [2.05, 4.69) is 15.4 Å². The molecule has 0 bridgehead atoms. The minimum atomic E-state index is -0.521. The van der Waals surface area contributed by atoms with Crippen molar-refractivity contribution in [1.82, 2.24) is 10.6 Å². The number of hydrogen-bond acceptors (Lipinski definition) is 4. The Balaban J connectivity index is 2.24. The maximum Gasteiger partial charge on any atom is 0.406 e. The number of hydrogen-bond donors (Lipinski definition) is 2. The Labute approximate surface area is 118 Å². The van der Waals surface area contributed by atoms with E-state index in [-0.39, 0.29) is 12.5 Å². The maximum atomic E-state index is 11.6. The Bertz CT molecular complexity index is 449. The van der Waals surface area contributed by atoms with Crippen LogP contribution in [-0.4, -0.2) is 38.8 Å². The van der Waals surface area contributed by atoms with E-state index in [9.17, 15) is 9.59 Å². The van der Waals surface area contributed by atoms with Crippen LogP contribution in [-0.2, 0) is 16.0 Å². The largest absolute Gasteiger partial charge is 0.483 e. The summed E-state index contributed by atoms with van der Waals surface area (Å²) in [6.45, 7) is 2.62. The van der Waals surface area contributed by atoms with E-state index in [1.807, 2.05) is 31.2 Å². The summed E-state index contributed by atoms with van der Waals surface area (Å²) in [7, 11) is 1.28. The molecule has 0 saturated heterocycles. The van der Waals surface area contributed by atoms with Crippen LogP contribution >= 0.6 is 0 Å². The summed E-state index contributed by atoms with van der Waals surface area (Å²) in [4.78, 5) is 22.3. The normalized spacial score (nSPS) is 9.70. The number of carbonyl (C=O) groups is 2. The monoisotopic (exact) mass is 280 g/mol. The first-order valence-electron chi connectivity index (χ1n) is 6.46. The van der Waals surface area contributed by atoms with Crippen molar-refractivity contribution >= 4 is 12.0 Å². The molecule has 0 aromatic heterocycles. The van der Waals surface area contributed by atoms with Crippen LogP contribution < -0.4 is 15.4 Å². The van der Waals surface area contributed by atoms with Gasteiger partial charge in [-0.15, -0.1) is 0 Å². The molecule has 20 heavy (non-hydrogen) atoms. The smallest absolute Gasteiger partial charge is 0.406 e. The summed E-state index contributed by atoms with van der Waals surface area (Å²) in [5.41, 5.74) is 1.06. The average molecular weight is 280 g/mol. The lowest BCUT2D eigenvalue weighted by Crippen LogP contribution is -2.36. The number of carbonyl (C=O) groups excluding carboxylic acids is 2. The minimum absolute atomic E-state index is 0.0464. The Morgan fingerprint density at radius 3 is 2.55 bits per heavy atom. The highest BCUT2D eigenvalue weighted by Gasteiger charge is 2.05. The van der Waals surface area contributed by atoms with E-state index in [1.54, 1.807) is 0 Å². The Hall–Kier alpha value is -2.24. The molecule has 0 heterocycles. The number of rotatable bonds is 7. The van der Waals surface area contributed by atoms with Crippen molar-refractivity contribution in [3.8, 4) is 5.75 Å². The number of aryl methyl sites for hydroxylation is 1. The number of benzene rings is 1. The van der Waals surface area contributed by atoms with Crippen LogP contribution in [0.2, 0.25) is 0 Å². The van der Waals surface area contributed by atoms with Gasteiger partial charge in [0.05, 0.1) is 7.11 Å². The zero-order valence-corrected chi connectivity index (χ0v) is 11.8. The first-order chi connectivity index (χ1) is 9.67. The predicted molar refractivity (Wildman–Crippen MR) is 74.7 cm³/mol. The van der Waals surface area contributed by atoms with Gasteiger partial charge in [0.1, 0.15) is 5.75 Å². The summed E-state index contributed by atoms with van der Waals surface area (Å²) < 4.78 is 9.87. The van der Waals surface area contributed by atoms with Gasteiger partial charge in [-0.3, -0.25) is 4.79 Å². The van der Waals surface area contributed by atoms with Crippen molar-refractivity contribution in [2.45, 2.75) is 13.3 Å². The van der Waals surface area contributed by atoms with Crippen LogP contribution in [0.15, 0.2) is 24.3 Å². The first kappa shape index (κ1) is 15.8. The number of methoxy groups -OCH3 is 1. The second kappa shape index (κ2) is 8.79. The molecule has 0 spiro atoms. The van der Waals surface area contributed by atoms with Gasteiger partial charge in [-0.25, -0.2) is 4.79 Å². The second-order valence-corrected chi connectivity index (χ2v) is 4.02. The van der Waals surface area contributed by atoms with Crippen molar-refractivity contribution in [3.63, 3.8) is 0 Å². The number of ether oxygens (including phenoxy) is 2. The molecule has 0 aliphatic rings. The van der Waals surface area contributed by atoms with Crippen LogP contribution in [0.25, 0.3) is 0 Å². The van der Waals surface area contributed by atoms with Gasteiger partial charge in [0.15, 0.2) is 6.61 Å². The van der Waals surface area contributed by atoms with E-state index in [4.69, 9.17) is 4.74 Å². The van der Waals surface area contributed by atoms with Gasteiger partial charge in [-0.05, 0) is 18.1 Å². The fraction of sp³-hybridized carbons (Fsp3) is 0.429. The predicted octanol–water partition coefficient (Wildman–Crippen LogP) is 1.10. The standard InChI is InChI=1S/C14H20N2O4/c1-3-11-6-4-5-7-12(11)20-10-13(17)15-8-9-16-14(18)19-2/h4-7H,3,8-10H2,1-2H3,(H,15,17)(H,16,18). The van der Waals surface area contributed by atoms with Crippen molar-refractivity contribution in [1.29, 1.82) is 0 Å². The van der Waals surface area contributed by atoms with Crippen LogP contribution in [0.1, 0.15) is 12.5 Å². The molecular formula is C14H20N2O4. The third-order valence-electron chi connectivity index (χ3n) is 2.61. The van der Waals surface area contributed by atoms with Crippen molar-refractivity contribution in [2.75, 3.05) is 26.8 Å². The molecule has 1 aromatic rings. The average Bonchev–Trinajstić information content (AvgIpc) is 2.49. The van der Waals surface area contributed by atoms with Crippen molar-refractivity contribution in [3.05, 3.63) is 29.8 Å². The van der Waals surface area contributed by atoms with Crippen LogP contribution in [0.5, 0.6) is 5.75 Å². The molecular weight excluding hydrogens is 260 g/mol. The quantitative estimate of drug-likeness (QED) is 0.733. The molecule has 1 rings (SSSR count). The summed E-state index contributed by atoms with van der Waals surface area (Å²) >= 11 is 0. The molecule has 0 aliphatic carbocycles. The van der Waals surface area contributed by atoms with Gasteiger partial charge < -0.3 is 20.1 Å². The molecule has 0 fully saturated rings. The maximum absolute atomic E-state index is 11.6. The summed E-state index contributed by atoms with van der Waals surface area (Å²) in [5.74, 6) is 0.486. The lowest BCUT2D eigenvalue weighted by Gasteiger charge is -2.10. The fourth-order valence-electron chi connectivity index (χ4n) is 1.57. The topological polar surface area (TPSA) is 76.7 Å². The molecule has 0 atom stereocenters.